The standard InChI is InChI=1S/C25H30N4OS/c1-17-13-14-22(18(2)15-17)30-23-12-8-7-11-20(23)21-16-31-25(28-21)29-24(26)27-19-9-5-3-4-6-10-19/h7-8,11-16,19H,3-6,9-10H2,1-2H3,(H3,26,27,28,29). The number of hydrogen-bond donors (Lipinski definition) is 2. The van der Waals surface area contributed by atoms with Gasteiger partial charge in [-0.3, -0.25) is 0 Å². The number of aliphatic imine (C=N–C) groups is 1. The number of ether oxygens (including phenoxy) is 1. The van der Waals surface area contributed by atoms with Crippen LogP contribution < -0.4 is 15.8 Å². The molecule has 0 spiro atoms. The molecule has 31 heavy (non-hydrogen) atoms. The van der Waals surface area contributed by atoms with Crippen molar-refractivity contribution in [3.63, 3.8) is 0 Å². The Morgan fingerprint density at radius 2 is 1.84 bits per heavy atom. The third kappa shape index (κ3) is 5.64. The number of thiazole rings is 1. The maximum absolute atomic E-state index is 6.25. The fourth-order valence-electron chi connectivity index (χ4n) is 3.98. The Balaban J connectivity index is 1.50. The number of nitrogens with two attached hydrogens (primary N) is 1. The number of anilines is 1. The lowest BCUT2D eigenvalue weighted by Gasteiger charge is -2.12. The van der Waals surface area contributed by atoms with Crippen molar-refractivity contribution in [1.82, 2.24) is 4.98 Å². The molecule has 3 aromatic rings. The number of rotatable bonds is 5. The minimum atomic E-state index is 0.321. The van der Waals surface area contributed by atoms with Crippen molar-refractivity contribution in [1.29, 1.82) is 0 Å². The number of hydrogen-bond acceptors (Lipinski definition) is 4. The van der Waals surface area contributed by atoms with E-state index in [4.69, 9.17) is 15.5 Å². The van der Waals surface area contributed by atoms with Crippen LogP contribution in [0, 0.1) is 13.8 Å². The van der Waals surface area contributed by atoms with Gasteiger partial charge in [0, 0.05) is 10.9 Å². The molecule has 0 saturated heterocycles. The third-order valence-corrected chi connectivity index (χ3v) is 6.36. The SMILES string of the molecule is Cc1ccc(Oc2ccccc2-c2csc(NC(N)=NC3CCCCCC3)n2)c(C)c1. The van der Waals surface area contributed by atoms with Gasteiger partial charge in [0.2, 0.25) is 0 Å². The van der Waals surface area contributed by atoms with Crippen LogP contribution in [-0.2, 0) is 0 Å². The van der Waals surface area contributed by atoms with Crippen LogP contribution in [0.3, 0.4) is 0 Å². The first-order valence-electron chi connectivity index (χ1n) is 11.0. The minimum absolute atomic E-state index is 0.321. The molecular formula is C25H30N4OS. The Morgan fingerprint density at radius 3 is 2.61 bits per heavy atom. The largest absolute Gasteiger partial charge is 0.456 e. The van der Waals surface area contributed by atoms with Crippen LogP contribution >= 0.6 is 11.3 Å². The quantitative estimate of drug-likeness (QED) is 0.267. The summed E-state index contributed by atoms with van der Waals surface area (Å²) in [6.07, 6.45) is 7.32. The van der Waals surface area contributed by atoms with E-state index in [1.165, 1.54) is 42.6 Å². The first-order chi connectivity index (χ1) is 15.1. The van der Waals surface area contributed by atoms with E-state index in [2.05, 4.69) is 36.3 Å². The van der Waals surface area contributed by atoms with Crippen LogP contribution in [0.5, 0.6) is 11.5 Å². The van der Waals surface area contributed by atoms with Crippen molar-refractivity contribution in [3.05, 3.63) is 59.0 Å². The number of aryl methyl sites for hydroxylation is 2. The van der Waals surface area contributed by atoms with E-state index in [9.17, 15) is 0 Å². The molecule has 2 aromatic carbocycles. The Hall–Kier alpha value is -2.86. The van der Waals surface area contributed by atoms with Gasteiger partial charge in [-0.2, -0.15) is 0 Å². The summed E-state index contributed by atoms with van der Waals surface area (Å²) in [6, 6.07) is 14.5. The monoisotopic (exact) mass is 434 g/mol. The highest BCUT2D eigenvalue weighted by atomic mass is 32.1. The Kier molecular flexibility index (Phi) is 6.87. The average molecular weight is 435 g/mol. The highest BCUT2D eigenvalue weighted by molar-refractivity contribution is 7.14. The van der Waals surface area contributed by atoms with Crippen molar-refractivity contribution in [2.45, 2.75) is 58.4 Å². The molecule has 5 nitrogen and oxygen atoms in total. The summed E-state index contributed by atoms with van der Waals surface area (Å²) >= 11 is 1.52. The molecule has 0 radical (unpaired) electrons. The van der Waals surface area contributed by atoms with E-state index in [0.29, 0.717) is 12.0 Å². The fourth-order valence-corrected chi connectivity index (χ4v) is 4.70. The van der Waals surface area contributed by atoms with Gasteiger partial charge < -0.3 is 15.8 Å². The highest BCUT2D eigenvalue weighted by Crippen LogP contribution is 2.36. The van der Waals surface area contributed by atoms with Gasteiger partial charge in [0.1, 0.15) is 11.5 Å². The molecule has 1 heterocycles. The molecule has 1 aliphatic carbocycles. The molecular weight excluding hydrogens is 404 g/mol. The zero-order chi connectivity index (χ0) is 21.6. The Labute approximate surface area is 188 Å². The van der Waals surface area contributed by atoms with Gasteiger partial charge >= 0.3 is 0 Å². The number of benzene rings is 2. The predicted octanol–water partition coefficient (Wildman–Crippen LogP) is 6.67. The number of nitrogens with one attached hydrogen (secondary N) is 1. The topological polar surface area (TPSA) is 72.5 Å². The first kappa shape index (κ1) is 21.4. The van der Waals surface area contributed by atoms with E-state index < -0.39 is 0 Å². The summed E-state index contributed by atoms with van der Waals surface area (Å²) in [6.45, 7) is 4.14. The van der Waals surface area contributed by atoms with Gasteiger partial charge in [-0.25, -0.2) is 9.98 Å². The van der Waals surface area contributed by atoms with Gasteiger partial charge in [-0.05, 0) is 50.5 Å². The van der Waals surface area contributed by atoms with Gasteiger partial charge in [-0.15, -0.1) is 11.3 Å². The lowest BCUT2D eigenvalue weighted by atomic mass is 10.1. The molecule has 3 N–H and O–H groups in total. The summed E-state index contributed by atoms with van der Waals surface area (Å²) in [5.41, 5.74) is 10.3. The van der Waals surface area contributed by atoms with Gasteiger partial charge in [0.25, 0.3) is 0 Å². The number of nitrogens with zero attached hydrogens (tertiary/aromatic N) is 2. The average Bonchev–Trinajstić information content (AvgIpc) is 3.05. The van der Waals surface area contributed by atoms with Crippen molar-refractivity contribution in [2.75, 3.05) is 5.32 Å². The minimum Gasteiger partial charge on any atom is -0.456 e. The summed E-state index contributed by atoms with van der Waals surface area (Å²) in [7, 11) is 0. The summed E-state index contributed by atoms with van der Waals surface area (Å²) in [5, 5.41) is 5.94. The molecule has 1 saturated carbocycles. The Bertz CT molecular complexity index is 1050. The van der Waals surface area contributed by atoms with Crippen molar-refractivity contribution >= 4 is 22.4 Å². The predicted molar refractivity (Wildman–Crippen MR) is 130 cm³/mol. The normalized spacial score (nSPS) is 15.5. The van der Waals surface area contributed by atoms with Crippen LogP contribution in [0.25, 0.3) is 11.3 Å². The van der Waals surface area contributed by atoms with E-state index in [1.807, 2.05) is 35.7 Å². The Morgan fingerprint density at radius 1 is 1.06 bits per heavy atom. The van der Waals surface area contributed by atoms with Crippen LogP contribution in [0.4, 0.5) is 5.13 Å². The molecule has 0 unspecified atom stereocenters. The third-order valence-electron chi connectivity index (χ3n) is 5.60. The number of para-hydroxylation sites is 1. The molecule has 6 heteroatoms. The van der Waals surface area contributed by atoms with Gasteiger partial charge in [0.15, 0.2) is 11.1 Å². The van der Waals surface area contributed by atoms with Crippen LogP contribution in [0.1, 0.15) is 49.7 Å². The second-order valence-corrected chi connectivity index (χ2v) is 9.05. The smallest absolute Gasteiger partial charge is 0.195 e. The fraction of sp³-hybridized carbons (Fsp3) is 0.360. The van der Waals surface area contributed by atoms with Crippen molar-refractivity contribution < 1.29 is 4.74 Å². The molecule has 4 rings (SSSR count). The van der Waals surface area contributed by atoms with Gasteiger partial charge in [-0.1, -0.05) is 55.5 Å². The molecule has 1 aromatic heterocycles. The molecule has 0 atom stereocenters. The van der Waals surface area contributed by atoms with E-state index in [-0.39, 0.29) is 0 Å². The lowest BCUT2D eigenvalue weighted by Crippen LogP contribution is -2.25. The zero-order valence-electron chi connectivity index (χ0n) is 18.2. The van der Waals surface area contributed by atoms with Crippen molar-refractivity contribution in [2.24, 2.45) is 10.7 Å². The highest BCUT2D eigenvalue weighted by Gasteiger charge is 2.14. The van der Waals surface area contributed by atoms with E-state index in [1.54, 1.807) is 0 Å². The van der Waals surface area contributed by atoms with E-state index >= 15 is 0 Å². The molecule has 162 valence electrons. The zero-order valence-corrected chi connectivity index (χ0v) is 19.0. The van der Waals surface area contributed by atoms with E-state index in [0.717, 1.165) is 46.3 Å². The molecule has 0 aliphatic heterocycles. The van der Waals surface area contributed by atoms with Gasteiger partial charge in [0.05, 0.1) is 11.7 Å². The second-order valence-electron chi connectivity index (χ2n) is 8.19. The lowest BCUT2D eigenvalue weighted by molar-refractivity contribution is 0.480. The summed E-state index contributed by atoms with van der Waals surface area (Å²) in [5.74, 6) is 2.09. The molecule has 0 bridgehead atoms. The summed E-state index contributed by atoms with van der Waals surface area (Å²) < 4.78 is 6.25. The maximum atomic E-state index is 6.25. The van der Waals surface area contributed by atoms with Crippen LogP contribution in [-0.4, -0.2) is 17.0 Å². The number of aromatic nitrogens is 1. The molecule has 0 amide bonds. The second kappa shape index (κ2) is 9.96. The molecule has 1 aliphatic rings. The number of guanidine groups is 1. The first-order valence-corrected chi connectivity index (χ1v) is 11.9. The van der Waals surface area contributed by atoms with Crippen LogP contribution in [0.15, 0.2) is 52.8 Å². The maximum Gasteiger partial charge on any atom is 0.195 e. The van der Waals surface area contributed by atoms with Crippen molar-refractivity contribution in [3.8, 4) is 22.8 Å². The van der Waals surface area contributed by atoms with Crippen LogP contribution in [0.2, 0.25) is 0 Å². The summed E-state index contributed by atoms with van der Waals surface area (Å²) in [4.78, 5) is 9.43. The molecule has 1 fully saturated rings.